The van der Waals surface area contributed by atoms with E-state index in [-0.39, 0.29) is 18.2 Å². The van der Waals surface area contributed by atoms with Crippen LogP contribution in [0.3, 0.4) is 0 Å². The molecule has 0 radical (unpaired) electrons. The monoisotopic (exact) mass is 337 g/mol. The largest absolute Gasteiger partial charge is 0.346 e. The molecule has 1 N–H and O–H groups in total. The molecular weight excluding hydrogens is 323 g/mol. The van der Waals surface area contributed by atoms with E-state index < -0.39 is 0 Å². The molecule has 4 nitrogen and oxygen atoms in total. The lowest BCUT2D eigenvalue weighted by molar-refractivity contribution is -0.684. The molecule has 0 fully saturated rings. The highest BCUT2D eigenvalue weighted by Gasteiger charge is 2.12. The van der Waals surface area contributed by atoms with Gasteiger partial charge in [-0.1, -0.05) is 29.3 Å². The predicted octanol–water partition coefficient (Wildman–Crippen LogP) is 2.80. The highest BCUT2D eigenvalue weighted by Crippen LogP contribution is 2.20. The fourth-order valence-electron chi connectivity index (χ4n) is 1.91. The molecule has 0 aliphatic heterocycles. The van der Waals surface area contributed by atoms with Crippen LogP contribution >= 0.6 is 23.2 Å². The van der Waals surface area contributed by atoms with Crippen LogP contribution in [-0.4, -0.2) is 11.7 Å². The zero-order valence-electron chi connectivity index (χ0n) is 12.0. The number of ketones is 1. The number of benzene rings is 1. The number of carbonyl (C=O) groups excluding carboxylic acids is 2. The van der Waals surface area contributed by atoms with Crippen molar-refractivity contribution in [2.75, 3.05) is 0 Å². The Labute approximate surface area is 138 Å². The summed E-state index contributed by atoms with van der Waals surface area (Å²) in [5.41, 5.74) is 1.36. The molecule has 0 atom stereocenters. The summed E-state index contributed by atoms with van der Waals surface area (Å²) in [6.07, 6.45) is 3.39. The summed E-state index contributed by atoms with van der Waals surface area (Å²) in [5, 5.41) is 3.85. The van der Waals surface area contributed by atoms with Gasteiger partial charge in [-0.15, -0.1) is 0 Å². The first-order chi connectivity index (χ1) is 10.5. The summed E-state index contributed by atoms with van der Waals surface area (Å²) in [6.45, 7) is 1.94. The highest BCUT2D eigenvalue weighted by atomic mass is 35.5. The fraction of sp³-hybridized carbons (Fsp3) is 0.188. The van der Waals surface area contributed by atoms with E-state index in [1.165, 1.54) is 6.92 Å². The fourth-order valence-corrected chi connectivity index (χ4v) is 2.38. The minimum absolute atomic E-state index is 0.0392. The van der Waals surface area contributed by atoms with E-state index in [0.29, 0.717) is 22.2 Å². The molecule has 1 aromatic carbocycles. The molecule has 1 aromatic heterocycles. The first kappa shape index (κ1) is 16.5. The zero-order valence-corrected chi connectivity index (χ0v) is 13.5. The Kier molecular flexibility index (Phi) is 5.52. The van der Waals surface area contributed by atoms with Gasteiger partial charge in [0, 0.05) is 22.7 Å². The lowest BCUT2D eigenvalue weighted by Crippen LogP contribution is -2.42. The summed E-state index contributed by atoms with van der Waals surface area (Å²) in [6, 6.07) is 8.58. The van der Waals surface area contributed by atoms with Gasteiger partial charge in [-0.3, -0.25) is 9.59 Å². The van der Waals surface area contributed by atoms with Gasteiger partial charge in [-0.05, 0) is 30.7 Å². The summed E-state index contributed by atoms with van der Waals surface area (Å²) in [4.78, 5) is 23.3. The van der Waals surface area contributed by atoms with Gasteiger partial charge in [-0.25, -0.2) is 0 Å². The van der Waals surface area contributed by atoms with E-state index in [9.17, 15) is 9.59 Å². The second kappa shape index (κ2) is 7.38. The molecular formula is C16H15Cl2N2O2+. The molecule has 0 unspecified atom stereocenters. The number of hydrogen-bond acceptors (Lipinski definition) is 2. The maximum absolute atomic E-state index is 12.0. The number of amides is 1. The van der Waals surface area contributed by atoms with Crippen molar-refractivity contribution in [2.45, 2.75) is 20.0 Å². The Morgan fingerprint density at radius 1 is 1.23 bits per heavy atom. The minimum atomic E-state index is -0.170. The predicted molar refractivity (Wildman–Crippen MR) is 85.0 cm³/mol. The number of aromatic nitrogens is 1. The molecule has 1 amide bonds. The van der Waals surface area contributed by atoms with Crippen LogP contribution in [0.25, 0.3) is 0 Å². The van der Waals surface area contributed by atoms with Gasteiger partial charge >= 0.3 is 0 Å². The van der Waals surface area contributed by atoms with Crippen LogP contribution < -0.4 is 9.88 Å². The van der Waals surface area contributed by atoms with Gasteiger partial charge in [0.2, 0.25) is 6.54 Å². The third kappa shape index (κ3) is 4.55. The van der Waals surface area contributed by atoms with Crippen molar-refractivity contribution in [3.05, 3.63) is 63.9 Å². The molecule has 0 spiro atoms. The van der Waals surface area contributed by atoms with Gasteiger partial charge < -0.3 is 5.32 Å². The summed E-state index contributed by atoms with van der Waals surface area (Å²) in [5.74, 6) is -0.209. The van der Waals surface area contributed by atoms with Crippen LogP contribution in [0.15, 0.2) is 42.7 Å². The minimum Gasteiger partial charge on any atom is -0.346 e. The van der Waals surface area contributed by atoms with Crippen LogP contribution in [0.4, 0.5) is 0 Å². The van der Waals surface area contributed by atoms with Crippen molar-refractivity contribution >= 4 is 34.9 Å². The van der Waals surface area contributed by atoms with Gasteiger partial charge in [0.15, 0.2) is 18.2 Å². The van der Waals surface area contributed by atoms with Crippen molar-refractivity contribution in [3.8, 4) is 0 Å². The average Bonchev–Trinajstić information content (AvgIpc) is 2.46. The van der Waals surface area contributed by atoms with Crippen molar-refractivity contribution in [1.29, 1.82) is 0 Å². The van der Waals surface area contributed by atoms with Gasteiger partial charge in [-0.2, -0.15) is 4.57 Å². The lowest BCUT2D eigenvalue weighted by atomic mass is 10.2. The third-order valence-corrected chi connectivity index (χ3v) is 3.67. The first-order valence-corrected chi connectivity index (χ1v) is 7.42. The molecule has 2 aromatic rings. The lowest BCUT2D eigenvalue weighted by Gasteiger charge is -2.06. The molecule has 0 bridgehead atoms. The van der Waals surface area contributed by atoms with E-state index >= 15 is 0 Å². The Balaban J connectivity index is 1.95. The van der Waals surface area contributed by atoms with Crippen molar-refractivity contribution in [3.63, 3.8) is 0 Å². The van der Waals surface area contributed by atoms with Gasteiger partial charge in [0.1, 0.15) is 0 Å². The van der Waals surface area contributed by atoms with E-state index in [1.54, 1.807) is 47.3 Å². The van der Waals surface area contributed by atoms with E-state index in [4.69, 9.17) is 23.2 Å². The highest BCUT2D eigenvalue weighted by molar-refractivity contribution is 6.35. The number of carbonyl (C=O) groups is 2. The maximum Gasteiger partial charge on any atom is 0.286 e. The Bertz CT molecular complexity index is 717. The average molecular weight is 338 g/mol. The van der Waals surface area contributed by atoms with Crippen LogP contribution in [0.1, 0.15) is 22.8 Å². The smallest absolute Gasteiger partial charge is 0.286 e. The quantitative estimate of drug-likeness (QED) is 0.673. The molecule has 6 heteroatoms. The number of Topliss-reactive ketones (excluding diaryl/α,β-unsaturated/α-hetero) is 1. The Morgan fingerprint density at radius 3 is 2.68 bits per heavy atom. The SMILES string of the molecule is CC(=O)c1ccc[n+](CC(=O)NCc2ccc(Cl)cc2Cl)c1. The van der Waals surface area contributed by atoms with E-state index in [2.05, 4.69) is 5.32 Å². The number of nitrogens with one attached hydrogen (secondary N) is 1. The van der Waals surface area contributed by atoms with Crippen molar-refractivity contribution < 1.29 is 14.2 Å². The molecule has 1 heterocycles. The molecule has 0 saturated heterocycles. The third-order valence-electron chi connectivity index (χ3n) is 3.08. The maximum atomic E-state index is 12.0. The zero-order chi connectivity index (χ0) is 16.1. The number of hydrogen-bond donors (Lipinski definition) is 1. The topological polar surface area (TPSA) is 50.0 Å². The Hall–Kier alpha value is -1.91. The number of halogens is 2. The van der Waals surface area contributed by atoms with Crippen LogP contribution in [0.2, 0.25) is 10.0 Å². The van der Waals surface area contributed by atoms with Crippen LogP contribution in [0, 0.1) is 0 Å². The summed E-state index contributed by atoms with van der Waals surface area (Å²) >= 11 is 11.9. The Morgan fingerprint density at radius 2 is 2.00 bits per heavy atom. The van der Waals surface area contributed by atoms with Crippen molar-refractivity contribution in [1.82, 2.24) is 5.32 Å². The van der Waals surface area contributed by atoms with Gasteiger partial charge in [0.05, 0.1) is 5.56 Å². The number of nitrogens with zero attached hydrogens (tertiary/aromatic N) is 1. The molecule has 114 valence electrons. The summed E-state index contributed by atoms with van der Waals surface area (Å²) < 4.78 is 1.66. The summed E-state index contributed by atoms with van der Waals surface area (Å²) in [7, 11) is 0. The van der Waals surface area contributed by atoms with Crippen LogP contribution in [0.5, 0.6) is 0 Å². The standard InChI is InChI=1S/C16H14Cl2N2O2/c1-11(21)13-3-2-6-20(9-13)10-16(22)19-8-12-4-5-14(17)7-15(12)18/h2-7,9H,8,10H2,1H3/p+1. The number of rotatable bonds is 5. The second-order valence-corrected chi connectivity index (χ2v) is 5.68. The first-order valence-electron chi connectivity index (χ1n) is 6.66. The molecule has 0 saturated carbocycles. The molecule has 22 heavy (non-hydrogen) atoms. The number of pyridine rings is 1. The molecule has 0 aliphatic rings. The van der Waals surface area contributed by atoms with E-state index in [1.807, 2.05) is 0 Å². The normalized spacial score (nSPS) is 10.3. The van der Waals surface area contributed by atoms with Gasteiger partial charge in [0.25, 0.3) is 5.91 Å². The van der Waals surface area contributed by atoms with E-state index in [0.717, 1.165) is 5.56 Å². The molecule has 0 aliphatic carbocycles. The van der Waals surface area contributed by atoms with Crippen molar-refractivity contribution in [2.24, 2.45) is 0 Å². The molecule has 2 rings (SSSR count). The van der Waals surface area contributed by atoms with Crippen LogP contribution in [-0.2, 0) is 17.9 Å². The second-order valence-electron chi connectivity index (χ2n) is 4.83.